The van der Waals surface area contributed by atoms with Gasteiger partial charge in [-0.25, -0.2) is 0 Å². The SMILES string of the molecule is CCOc1ccc(C(C)N)c(OC)c1. The Kier molecular flexibility index (Phi) is 3.77. The molecule has 0 aliphatic carbocycles. The van der Waals surface area contributed by atoms with Crippen molar-refractivity contribution >= 4 is 0 Å². The molecular weight excluding hydrogens is 178 g/mol. The molecule has 0 spiro atoms. The average molecular weight is 195 g/mol. The molecule has 1 unspecified atom stereocenters. The van der Waals surface area contributed by atoms with Gasteiger partial charge in [-0.3, -0.25) is 0 Å². The second-order valence-corrected chi connectivity index (χ2v) is 3.13. The van der Waals surface area contributed by atoms with Crippen molar-refractivity contribution in [1.82, 2.24) is 0 Å². The van der Waals surface area contributed by atoms with Crippen LogP contribution < -0.4 is 15.2 Å². The predicted molar refractivity (Wildman–Crippen MR) is 56.8 cm³/mol. The van der Waals surface area contributed by atoms with Crippen LogP contribution in [-0.2, 0) is 0 Å². The molecule has 0 heterocycles. The first-order chi connectivity index (χ1) is 6.69. The zero-order valence-corrected chi connectivity index (χ0v) is 8.91. The highest BCUT2D eigenvalue weighted by molar-refractivity contribution is 5.42. The highest BCUT2D eigenvalue weighted by Gasteiger charge is 2.08. The largest absolute Gasteiger partial charge is 0.496 e. The topological polar surface area (TPSA) is 44.5 Å². The van der Waals surface area contributed by atoms with E-state index in [1.807, 2.05) is 32.0 Å². The summed E-state index contributed by atoms with van der Waals surface area (Å²) in [6.07, 6.45) is 0. The Bertz CT molecular complexity index is 297. The lowest BCUT2D eigenvalue weighted by atomic mass is 10.1. The first-order valence-corrected chi connectivity index (χ1v) is 4.75. The molecule has 0 aromatic heterocycles. The lowest BCUT2D eigenvalue weighted by molar-refractivity contribution is 0.335. The summed E-state index contributed by atoms with van der Waals surface area (Å²) in [5, 5.41) is 0. The summed E-state index contributed by atoms with van der Waals surface area (Å²) >= 11 is 0. The molecule has 1 rings (SSSR count). The maximum atomic E-state index is 5.79. The van der Waals surface area contributed by atoms with Gasteiger partial charge in [-0.05, 0) is 19.9 Å². The summed E-state index contributed by atoms with van der Waals surface area (Å²) in [5.74, 6) is 1.60. The minimum atomic E-state index is -0.0272. The molecule has 0 saturated heterocycles. The van der Waals surface area contributed by atoms with Crippen LogP contribution in [0.15, 0.2) is 18.2 Å². The molecular formula is C11H17NO2. The Hall–Kier alpha value is -1.22. The third-order valence-corrected chi connectivity index (χ3v) is 2.01. The van der Waals surface area contributed by atoms with Crippen molar-refractivity contribution in [3.63, 3.8) is 0 Å². The van der Waals surface area contributed by atoms with Crippen molar-refractivity contribution in [2.75, 3.05) is 13.7 Å². The molecule has 78 valence electrons. The Labute approximate surface area is 84.8 Å². The first-order valence-electron chi connectivity index (χ1n) is 4.75. The smallest absolute Gasteiger partial charge is 0.127 e. The number of hydrogen-bond acceptors (Lipinski definition) is 3. The van der Waals surface area contributed by atoms with Crippen LogP contribution in [-0.4, -0.2) is 13.7 Å². The zero-order valence-electron chi connectivity index (χ0n) is 8.91. The van der Waals surface area contributed by atoms with Crippen LogP contribution in [0.5, 0.6) is 11.5 Å². The Morgan fingerprint density at radius 3 is 2.64 bits per heavy atom. The summed E-state index contributed by atoms with van der Waals surface area (Å²) in [5.41, 5.74) is 6.79. The minimum Gasteiger partial charge on any atom is -0.496 e. The lowest BCUT2D eigenvalue weighted by Crippen LogP contribution is -2.07. The summed E-state index contributed by atoms with van der Waals surface area (Å²) in [4.78, 5) is 0. The summed E-state index contributed by atoms with van der Waals surface area (Å²) in [6.45, 7) is 4.53. The third-order valence-electron chi connectivity index (χ3n) is 2.01. The van der Waals surface area contributed by atoms with Crippen molar-refractivity contribution in [3.05, 3.63) is 23.8 Å². The summed E-state index contributed by atoms with van der Waals surface area (Å²) in [6, 6.07) is 5.68. The molecule has 2 N–H and O–H groups in total. The fraction of sp³-hybridized carbons (Fsp3) is 0.455. The van der Waals surface area contributed by atoms with Crippen LogP contribution in [0.2, 0.25) is 0 Å². The molecule has 0 amide bonds. The van der Waals surface area contributed by atoms with Gasteiger partial charge in [-0.15, -0.1) is 0 Å². The van der Waals surface area contributed by atoms with E-state index in [1.54, 1.807) is 7.11 Å². The standard InChI is InChI=1S/C11H17NO2/c1-4-14-9-5-6-10(8(2)12)11(7-9)13-3/h5-8H,4,12H2,1-3H3. The maximum absolute atomic E-state index is 5.79. The number of nitrogens with two attached hydrogens (primary N) is 1. The third kappa shape index (κ3) is 2.39. The van der Waals surface area contributed by atoms with Gasteiger partial charge in [0.1, 0.15) is 11.5 Å². The highest BCUT2D eigenvalue weighted by atomic mass is 16.5. The fourth-order valence-electron chi connectivity index (χ4n) is 1.32. The van der Waals surface area contributed by atoms with Crippen LogP contribution in [0, 0.1) is 0 Å². The van der Waals surface area contributed by atoms with E-state index in [4.69, 9.17) is 15.2 Å². The molecule has 0 aliphatic rings. The van der Waals surface area contributed by atoms with E-state index < -0.39 is 0 Å². The molecule has 1 aromatic rings. The maximum Gasteiger partial charge on any atom is 0.127 e. The Morgan fingerprint density at radius 2 is 2.14 bits per heavy atom. The van der Waals surface area contributed by atoms with Gasteiger partial charge in [0.25, 0.3) is 0 Å². The van der Waals surface area contributed by atoms with Gasteiger partial charge < -0.3 is 15.2 Å². The van der Waals surface area contributed by atoms with Gasteiger partial charge in [-0.1, -0.05) is 6.07 Å². The first kappa shape index (κ1) is 10.9. The molecule has 0 fully saturated rings. The van der Waals surface area contributed by atoms with Crippen molar-refractivity contribution in [1.29, 1.82) is 0 Å². The highest BCUT2D eigenvalue weighted by Crippen LogP contribution is 2.28. The number of benzene rings is 1. The Morgan fingerprint density at radius 1 is 1.43 bits per heavy atom. The minimum absolute atomic E-state index is 0.0272. The monoisotopic (exact) mass is 195 g/mol. The van der Waals surface area contributed by atoms with E-state index in [-0.39, 0.29) is 6.04 Å². The van der Waals surface area contributed by atoms with E-state index in [0.717, 1.165) is 17.1 Å². The van der Waals surface area contributed by atoms with Gasteiger partial charge in [0, 0.05) is 17.7 Å². The summed E-state index contributed by atoms with van der Waals surface area (Å²) < 4.78 is 10.6. The number of ether oxygens (including phenoxy) is 2. The Balaban J connectivity index is 2.99. The molecule has 0 aliphatic heterocycles. The van der Waals surface area contributed by atoms with E-state index >= 15 is 0 Å². The summed E-state index contributed by atoms with van der Waals surface area (Å²) in [7, 11) is 1.64. The van der Waals surface area contributed by atoms with Gasteiger partial charge in [0.15, 0.2) is 0 Å². The van der Waals surface area contributed by atoms with E-state index in [9.17, 15) is 0 Å². The quantitative estimate of drug-likeness (QED) is 0.800. The molecule has 1 aromatic carbocycles. The van der Waals surface area contributed by atoms with Crippen LogP contribution in [0.3, 0.4) is 0 Å². The second kappa shape index (κ2) is 4.86. The van der Waals surface area contributed by atoms with Gasteiger partial charge >= 0.3 is 0 Å². The number of rotatable bonds is 4. The predicted octanol–water partition coefficient (Wildman–Crippen LogP) is 2.11. The van der Waals surface area contributed by atoms with E-state index in [2.05, 4.69) is 0 Å². The lowest BCUT2D eigenvalue weighted by Gasteiger charge is -2.13. The van der Waals surface area contributed by atoms with Crippen molar-refractivity contribution in [3.8, 4) is 11.5 Å². The fourth-order valence-corrected chi connectivity index (χ4v) is 1.32. The van der Waals surface area contributed by atoms with Crippen LogP contribution >= 0.6 is 0 Å². The zero-order chi connectivity index (χ0) is 10.6. The van der Waals surface area contributed by atoms with Crippen LogP contribution in [0.25, 0.3) is 0 Å². The molecule has 0 bridgehead atoms. The molecule has 0 saturated carbocycles. The van der Waals surface area contributed by atoms with Crippen molar-refractivity contribution in [2.45, 2.75) is 19.9 Å². The molecule has 0 radical (unpaired) electrons. The van der Waals surface area contributed by atoms with E-state index in [0.29, 0.717) is 6.61 Å². The van der Waals surface area contributed by atoms with Crippen molar-refractivity contribution in [2.24, 2.45) is 5.73 Å². The van der Waals surface area contributed by atoms with Gasteiger partial charge in [-0.2, -0.15) is 0 Å². The molecule has 1 atom stereocenters. The van der Waals surface area contributed by atoms with Crippen LogP contribution in [0.1, 0.15) is 25.5 Å². The second-order valence-electron chi connectivity index (χ2n) is 3.13. The van der Waals surface area contributed by atoms with Gasteiger partial charge in [0.05, 0.1) is 13.7 Å². The normalized spacial score (nSPS) is 12.3. The van der Waals surface area contributed by atoms with Crippen molar-refractivity contribution < 1.29 is 9.47 Å². The molecule has 3 heteroatoms. The average Bonchev–Trinajstić information content (AvgIpc) is 2.17. The molecule has 14 heavy (non-hydrogen) atoms. The van der Waals surface area contributed by atoms with Crippen LogP contribution in [0.4, 0.5) is 0 Å². The van der Waals surface area contributed by atoms with E-state index in [1.165, 1.54) is 0 Å². The van der Waals surface area contributed by atoms with Gasteiger partial charge in [0.2, 0.25) is 0 Å². The number of methoxy groups -OCH3 is 1. The number of hydrogen-bond donors (Lipinski definition) is 1. The molecule has 3 nitrogen and oxygen atoms in total.